The van der Waals surface area contributed by atoms with E-state index in [-0.39, 0.29) is 5.92 Å². The van der Waals surface area contributed by atoms with Gasteiger partial charge in [-0.3, -0.25) is 0 Å². The lowest BCUT2D eigenvalue weighted by Crippen LogP contribution is -2.26. The predicted octanol–water partition coefficient (Wildman–Crippen LogP) is 1.24. The van der Waals surface area contributed by atoms with Crippen LogP contribution in [0.2, 0.25) is 0 Å². The first-order chi connectivity index (χ1) is 5.45. The van der Waals surface area contributed by atoms with Gasteiger partial charge in [0.25, 0.3) is 0 Å². The van der Waals surface area contributed by atoms with Gasteiger partial charge < -0.3 is 5.73 Å². The highest BCUT2D eigenvalue weighted by Crippen LogP contribution is 2.08. The Morgan fingerprint density at radius 1 is 1.58 bits per heavy atom. The van der Waals surface area contributed by atoms with Gasteiger partial charge >= 0.3 is 6.03 Å². The van der Waals surface area contributed by atoms with E-state index in [0.29, 0.717) is 0 Å². The molecule has 4 heteroatoms. The first-order valence-electron chi connectivity index (χ1n) is 3.70. The third-order valence-corrected chi connectivity index (χ3v) is 1.71. The first-order valence-corrected chi connectivity index (χ1v) is 3.70. The van der Waals surface area contributed by atoms with Crippen LogP contribution in [0, 0.1) is 5.92 Å². The molecule has 12 heavy (non-hydrogen) atoms. The smallest absolute Gasteiger partial charge is 0.332 e. The first kappa shape index (κ1) is 10.7. The molecule has 68 valence electrons. The number of carbonyl (C=O) groups excluding carboxylic acids is 1. The maximum Gasteiger partial charge on any atom is 0.332 e. The number of nitrogens with zero attached hydrogens (tertiary/aromatic N) is 1. The van der Waals surface area contributed by atoms with Crippen molar-refractivity contribution in [3.8, 4) is 0 Å². The second-order valence-corrected chi connectivity index (χ2v) is 2.80. The van der Waals surface area contributed by atoms with Gasteiger partial charge in [-0.2, -0.15) is 5.10 Å². The molecule has 0 radical (unpaired) electrons. The minimum atomic E-state index is -0.650. The van der Waals surface area contributed by atoms with E-state index in [1.54, 1.807) is 0 Å². The van der Waals surface area contributed by atoms with Crippen molar-refractivity contribution >= 4 is 11.7 Å². The van der Waals surface area contributed by atoms with Crippen LogP contribution in [0.5, 0.6) is 0 Å². The van der Waals surface area contributed by atoms with Crippen molar-refractivity contribution in [2.75, 3.05) is 0 Å². The molecule has 0 aliphatic heterocycles. The van der Waals surface area contributed by atoms with Crippen molar-refractivity contribution in [1.82, 2.24) is 5.43 Å². The molecule has 0 rings (SSSR count). The maximum atomic E-state index is 10.3. The summed E-state index contributed by atoms with van der Waals surface area (Å²) in [6, 6.07) is -0.650. The Morgan fingerprint density at radius 3 is 2.42 bits per heavy atom. The third-order valence-electron chi connectivity index (χ3n) is 1.71. The van der Waals surface area contributed by atoms with Crippen molar-refractivity contribution in [3.05, 3.63) is 12.2 Å². The van der Waals surface area contributed by atoms with Crippen LogP contribution < -0.4 is 11.2 Å². The lowest BCUT2D eigenvalue weighted by Gasteiger charge is -2.09. The molecule has 0 aromatic rings. The number of primary amides is 1. The molecule has 0 bridgehead atoms. The van der Waals surface area contributed by atoms with Crippen molar-refractivity contribution in [2.45, 2.75) is 20.8 Å². The number of nitrogens with one attached hydrogen (secondary N) is 1. The Kier molecular flexibility index (Phi) is 4.04. The van der Waals surface area contributed by atoms with E-state index in [1.807, 2.05) is 20.8 Å². The number of allylic oxidation sites excluding steroid dienone is 1. The number of carbonyl (C=O) groups is 1. The summed E-state index contributed by atoms with van der Waals surface area (Å²) in [6.07, 6.45) is 0. The molecular formula is C8H15N3O. The molecule has 2 amide bonds. The molecule has 0 saturated heterocycles. The largest absolute Gasteiger partial charge is 0.350 e. The zero-order valence-corrected chi connectivity index (χ0v) is 7.72. The Morgan fingerprint density at radius 2 is 2.08 bits per heavy atom. The average Bonchev–Trinajstić information content (AvgIpc) is 1.98. The van der Waals surface area contributed by atoms with Gasteiger partial charge in [0.15, 0.2) is 0 Å². The Labute approximate surface area is 72.5 Å². The van der Waals surface area contributed by atoms with Crippen LogP contribution in [0.4, 0.5) is 4.79 Å². The van der Waals surface area contributed by atoms with Gasteiger partial charge in [-0.1, -0.05) is 19.1 Å². The summed E-state index contributed by atoms with van der Waals surface area (Å²) >= 11 is 0. The van der Waals surface area contributed by atoms with E-state index in [1.165, 1.54) is 0 Å². The quantitative estimate of drug-likeness (QED) is 0.372. The summed E-state index contributed by atoms with van der Waals surface area (Å²) < 4.78 is 0. The normalized spacial score (nSPS) is 13.8. The number of hydrazone groups is 1. The molecule has 4 nitrogen and oxygen atoms in total. The van der Waals surface area contributed by atoms with Crippen LogP contribution in [-0.4, -0.2) is 11.7 Å². The molecule has 0 unspecified atom stereocenters. The Bertz CT molecular complexity index is 220. The molecule has 0 aromatic carbocycles. The van der Waals surface area contributed by atoms with Gasteiger partial charge in [0.1, 0.15) is 0 Å². The summed E-state index contributed by atoms with van der Waals surface area (Å²) in [4.78, 5) is 10.3. The van der Waals surface area contributed by atoms with E-state index in [4.69, 9.17) is 5.73 Å². The van der Waals surface area contributed by atoms with E-state index in [2.05, 4.69) is 17.1 Å². The van der Waals surface area contributed by atoms with Crippen LogP contribution in [0.25, 0.3) is 0 Å². The highest BCUT2D eigenvalue weighted by molar-refractivity contribution is 5.87. The standard InChI is InChI=1S/C8H15N3O/c1-5(2)6(3)7(4)10-11-8(9)12/h6H,1H2,2-4H3,(H3,9,11,12)/b10-7-/t6-/m1/s1. The summed E-state index contributed by atoms with van der Waals surface area (Å²) in [7, 11) is 0. The highest BCUT2D eigenvalue weighted by atomic mass is 16.2. The zero-order valence-electron chi connectivity index (χ0n) is 7.72. The predicted molar refractivity (Wildman–Crippen MR) is 49.8 cm³/mol. The Hall–Kier alpha value is -1.32. The number of nitrogens with two attached hydrogens (primary N) is 1. The van der Waals surface area contributed by atoms with Crippen LogP contribution in [-0.2, 0) is 0 Å². The summed E-state index contributed by atoms with van der Waals surface area (Å²) in [6.45, 7) is 9.47. The third kappa shape index (κ3) is 3.75. The molecule has 0 spiro atoms. The topological polar surface area (TPSA) is 67.5 Å². The van der Waals surface area contributed by atoms with Crippen LogP contribution >= 0.6 is 0 Å². The SMILES string of the molecule is C=C(C)[C@@H](C)/C(C)=N\NC(N)=O. The molecule has 3 N–H and O–H groups in total. The van der Waals surface area contributed by atoms with Gasteiger partial charge in [0.05, 0.1) is 0 Å². The second kappa shape index (κ2) is 4.54. The van der Waals surface area contributed by atoms with Crippen molar-refractivity contribution < 1.29 is 4.79 Å². The molecular weight excluding hydrogens is 154 g/mol. The van der Waals surface area contributed by atoms with Gasteiger partial charge in [0.2, 0.25) is 0 Å². The van der Waals surface area contributed by atoms with Crippen LogP contribution in [0.3, 0.4) is 0 Å². The fraction of sp³-hybridized carbons (Fsp3) is 0.500. The van der Waals surface area contributed by atoms with E-state index >= 15 is 0 Å². The van der Waals surface area contributed by atoms with Crippen LogP contribution in [0.15, 0.2) is 17.3 Å². The highest BCUT2D eigenvalue weighted by Gasteiger charge is 2.05. The summed E-state index contributed by atoms with van der Waals surface area (Å²) in [5.74, 6) is 0.164. The van der Waals surface area contributed by atoms with E-state index in [0.717, 1.165) is 11.3 Å². The minimum absolute atomic E-state index is 0.164. The fourth-order valence-corrected chi connectivity index (χ4v) is 0.597. The molecule has 0 saturated carbocycles. The molecule has 0 aliphatic carbocycles. The maximum absolute atomic E-state index is 10.3. The molecule has 1 atom stereocenters. The molecule has 0 aliphatic rings. The molecule has 0 fully saturated rings. The van der Waals surface area contributed by atoms with Crippen molar-refractivity contribution in [2.24, 2.45) is 16.8 Å². The number of rotatable bonds is 3. The van der Waals surface area contributed by atoms with E-state index < -0.39 is 6.03 Å². The number of hydrogen-bond acceptors (Lipinski definition) is 2. The summed E-state index contributed by atoms with van der Waals surface area (Å²) in [5, 5.41) is 3.78. The average molecular weight is 169 g/mol. The number of urea groups is 1. The van der Waals surface area contributed by atoms with Crippen LogP contribution in [0.1, 0.15) is 20.8 Å². The Balaban J connectivity index is 4.17. The van der Waals surface area contributed by atoms with Gasteiger partial charge in [0, 0.05) is 11.6 Å². The summed E-state index contributed by atoms with van der Waals surface area (Å²) in [5.41, 5.74) is 8.80. The second-order valence-electron chi connectivity index (χ2n) is 2.80. The van der Waals surface area contributed by atoms with Gasteiger partial charge in [-0.15, -0.1) is 0 Å². The number of hydrogen-bond donors (Lipinski definition) is 2. The van der Waals surface area contributed by atoms with Crippen molar-refractivity contribution in [1.29, 1.82) is 0 Å². The lowest BCUT2D eigenvalue weighted by molar-refractivity contribution is 0.249. The zero-order chi connectivity index (χ0) is 9.72. The monoisotopic (exact) mass is 169 g/mol. The number of amides is 2. The lowest BCUT2D eigenvalue weighted by atomic mass is 10.0. The van der Waals surface area contributed by atoms with Crippen molar-refractivity contribution in [3.63, 3.8) is 0 Å². The molecule has 0 heterocycles. The molecule has 0 aromatic heterocycles. The minimum Gasteiger partial charge on any atom is -0.350 e. The fourth-order valence-electron chi connectivity index (χ4n) is 0.597. The van der Waals surface area contributed by atoms with Gasteiger partial charge in [-0.05, 0) is 13.8 Å². The van der Waals surface area contributed by atoms with E-state index in [9.17, 15) is 4.79 Å². The van der Waals surface area contributed by atoms with Gasteiger partial charge in [-0.25, -0.2) is 10.2 Å².